The van der Waals surface area contributed by atoms with E-state index in [0.29, 0.717) is 5.75 Å². The quantitative estimate of drug-likeness (QED) is 0.785. The van der Waals surface area contributed by atoms with Gasteiger partial charge < -0.3 is 14.4 Å². The number of quaternary nitrogens is 1. The van der Waals surface area contributed by atoms with Crippen LogP contribution in [0.2, 0.25) is 0 Å². The van der Waals surface area contributed by atoms with Gasteiger partial charge in [-0.3, -0.25) is 0 Å². The molecule has 0 spiro atoms. The van der Waals surface area contributed by atoms with Crippen molar-refractivity contribution < 1.29 is 23.6 Å². The van der Waals surface area contributed by atoms with E-state index in [4.69, 9.17) is 9.47 Å². The molecule has 0 amide bonds. The smallest absolute Gasteiger partial charge is 0.344 e. The molecule has 0 aliphatic carbocycles. The first kappa shape index (κ1) is 14.8. The van der Waals surface area contributed by atoms with E-state index in [-0.39, 0.29) is 24.5 Å². The number of carbonyl (C=O) groups excluding carboxylic acids is 1. The lowest BCUT2D eigenvalue weighted by Crippen LogP contribution is -3.11. The van der Waals surface area contributed by atoms with E-state index in [2.05, 4.69) is 0 Å². The van der Waals surface area contributed by atoms with Crippen LogP contribution in [0.1, 0.15) is 19.8 Å². The third-order valence-corrected chi connectivity index (χ3v) is 3.39. The summed E-state index contributed by atoms with van der Waals surface area (Å²) in [7, 11) is 0. The van der Waals surface area contributed by atoms with Gasteiger partial charge in [-0.25, -0.2) is 9.18 Å². The summed E-state index contributed by atoms with van der Waals surface area (Å²) in [5.41, 5.74) is 0. The van der Waals surface area contributed by atoms with Crippen LogP contribution in [0.4, 0.5) is 4.39 Å². The van der Waals surface area contributed by atoms with Gasteiger partial charge in [0, 0.05) is 12.8 Å². The van der Waals surface area contributed by atoms with Crippen LogP contribution in [0, 0.1) is 5.82 Å². The van der Waals surface area contributed by atoms with Gasteiger partial charge in [0.1, 0.15) is 24.2 Å². The van der Waals surface area contributed by atoms with E-state index < -0.39 is 0 Å². The third kappa shape index (κ3) is 4.81. The van der Waals surface area contributed by atoms with Gasteiger partial charge >= 0.3 is 5.97 Å². The second-order valence-electron chi connectivity index (χ2n) is 5.20. The van der Waals surface area contributed by atoms with Crippen molar-refractivity contribution in [1.29, 1.82) is 0 Å². The molecule has 1 atom stereocenters. The Kier molecular flexibility index (Phi) is 5.35. The SMILES string of the molecule is CC(C[NH+]1CCCC1)OC(=O)COc1ccc(F)cc1. The predicted molar refractivity (Wildman–Crippen MR) is 72.2 cm³/mol. The van der Waals surface area contributed by atoms with Crippen molar-refractivity contribution in [2.24, 2.45) is 0 Å². The molecule has 1 aliphatic rings. The molecule has 0 bridgehead atoms. The Balaban J connectivity index is 1.67. The summed E-state index contributed by atoms with van der Waals surface area (Å²) in [4.78, 5) is 13.1. The van der Waals surface area contributed by atoms with Gasteiger partial charge in [0.2, 0.25) is 0 Å². The second-order valence-corrected chi connectivity index (χ2v) is 5.20. The van der Waals surface area contributed by atoms with Gasteiger partial charge in [0.05, 0.1) is 13.1 Å². The second kappa shape index (κ2) is 7.24. The van der Waals surface area contributed by atoms with Crippen LogP contribution in [0.5, 0.6) is 5.75 Å². The van der Waals surface area contributed by atoms with Crippen LogP contribution in [0.3, 0.4) is 0 Å². The summed E-state index contributed by atoms with van der Waals surface area (Å²) in [6.07, 6.45) is 2.40. The first-order chi connectivity index (χ1) is 9.63. The van der Waals surface area contributed by atoms with Crippen LogP contribution < -0.4 is 9.64 Å². The molecule has 1 fully saturated rings. The van der Waals surface area contributed by atoms with Crippen LogP contribution in [-0.2, 0) is 9.53 Å². The van der Waals surface area contributed by atoms with Crippen molar-refractivity contribution in [2.75, 3.05) is 26.2 Å². The average Bonchev–Trinajstić information content (AvgIpc) is 2.90. The van der Waals surface area contributed by atoms with E-state index in [1.54, 1.807) is 0 Å². The zero-order chi connectivity index (χ0) is 14.4. The van der Waals surface area contributed by atoms with E-state index in [9.17, 15) is 9.18 Å². The number of rotatable bonds is 6. The molecule has 5 heteroatoms. The molecule has 0 saturated carbocycles. The zero-order valence-corrected chi connectivity index (χ0v) is 11.7. The lowest BCUT2D eigenvalue weighted by Gasteiger charge is -2.18. The molecule has 1 aliphatic heterocycles. The summed E-state index contributed by atoms with van der Waals surface area (Å²) >= 11 is 0. The van der Waals surface area contributed by atoms with Crippen molar-refractivity contribution in [1.82, 2.24) is 0 Å². The molecule has 1 aromatic carbocycles. The first-order valence-electron chi connectivity index (χ1n) is 7.05. The lowest BCUT2D eigenvalue weighted by molar-refractivity contribution is -0.890. The van der Waals surface area contributed by atoms with Crippen molar-refractivity contribution in [3.8, 4) is 5.75 Å². The first-order valence-corrected chi connectivity index (χ1v) is 7.05. The molecule has 1 unspecified atom stereocenters. The van der Waals surface area contributed by atoms with Gasteiger partial charge in [0.15, 0.2) is 6.61 Å². The highest BCUT2D eigenvalue weighted by atomic mass is 19.1. The van der Waals surface area contributed by atoms with E-state index >= 15 is 0 Å². The maximum Gasteiger partial charge on any atom is 0.344 e. The Labute approximate surface area is 118 Å². The minimum atomic E-state index is -0.388. The fraction of sp³-hybridized carbons (Fsp3) is 0.533. The van der Waals surface area contributed by atoms with Crippen LogP contribution in [0.15, 0.2) is 24.3 Å². The van der Waals surface area contributed by atoms with Crippen LogP contribution in [-0.4, -0.2) is 38.3 Å². The Bertz CT molecular complexity index is 429. The number of carbonyl (C=O) groups is 1. The predicted octanol–water partition coefficient (Wildman–Crippen LogP) is 0.815. The molecule has 1 N–H and O–H groups in total. The highest BCUT2D eigenvalue weighted by molar-refractivity contribution is 5.71. The third-order valence-electron chi connectivity index (χ3n) is 3.39. The molecule has 0 radical (unpaired) electrons. The number of ether oxygens (including phenoxy) is 2. The number of benzene rings is 1. The zero-order valence-electron chi connectivity index (χ0n) is 11.7. The number of esters is 1. The largest absolute Gasteiger partial charge is 0.482 e. The molecule has 1 aromatic rings. The molecule has 1 heterocycles. The molecule has 110 valence electrons. The fourth-order valence-electron chi connectivity index (χ4n) is 2.46. The summed E-state index contributed by atoms with van der Waals surface area (Å²) in [6.45, 7) is 4.93. The van der Waals surface area contributed by atoms with Gasteiger partial charge in [-0.05, 0) is 31.2 Å². The highest BCUT2D eigenvalue weighted by Gasteiger charge is 2.20. The number of likely N-dealkylation sites (tertiary alicyclic amines) is 1. The number of hydrogen-bond donors (Lipinski definition) is 1. The van der Waals surface area contributed by atoms with Crippen LogP contribution in [0.25, 0.3) is 0 Å². The Morgan fingerprint density at radius 3 is 2.60 bits per heavy atom. The summed E-state index contributed by atoms with van der Waals surface area (Å²) in [6, 6.07) is 5.56. The van der Waals surface area contributed by atoms with E-state index in [1.807, 2.05) is 6.92 Å². The van der Waals surface area contributed by atoms with Crippen molar-refractivity contribution in [2.45, 2.75) is 25.9 Å². The minimum absolute atomic E-state index is 0.104. The number of halogens is 1. The molecule has 2 rings (SSSR count). The number of nitrogens with one attached hydrogen (secondary N) is 1. The Hall–Kier alpha value is -1.62. The minimum Gasteiger partial charge on any atom is -0.482 e. The maximum absolute atomic E-state index is 12.7. The topological polar surface area (TPSA) is 40.0 Å². The lowest BCUT2D eigenvalue weighted by atomic mass is 10.3. The van der Waals surface area contributed by atoms with Crippen molar-refractivity contribution in [3.63, 3.8) is 0 Å². The molecular formula is C15H21FNO3+. The standard InChI is InChI=1S/C15H20FNO3/c1-12(10-17-8-2-3-9-17)20-15(18)11-19-14-6-4-13(16)5-7-14/h4-7,12H,2-3,8-11H2,1H3/p+1. The van der Waals surface area contributed by atoms with E-state index in [0.717, 1.165) is 19.6 Å². The molecular weight excluding hydrogens is 261 g/mol. The van der Waals surface area contributed by atoms with Crippen molar-refractivity contribution in [3.05, 3.63) is 30.1 Å². The summed E-state index contributed by atoms with van der Waals surface area (Å²) in [5.74, 6) is -0.260. The van der Waals surface area contributed by atoms with E-state index in [1.165, 1.54) is 42.0 Å². The van der Waals surface area contributed by atoms with Crippen molar-refractivity contribution >= 4 is 5.97 Å². The monoisotopic (exact) mass is 282 g/mol. The van der Waals surface area contributed by atoms with Gasteiger partial charge in [-0.1, -0.05) is 0 Å². The Morgan fingerprint density at radius 2 is 1.95 bits per heavy atom. The molecule has 1 saturated heterocycles. The highest BCUT2D eigenvalue weighted by Crippen LogP contribution is 2.10. The molecule has 20 heavy (non-hydrogen) atoms. The number of hydrogen-bond acceptors (Lipinski definition) is 3. The average molecular weight is 282 g/mol. The van der Waals surface area contributed by atoms with Gasteiger partial charge in [0.25, 0.3) is 0 Å². The van der Waals surface area contributed by atoms with Gasteiger partial charge in [-0.2, -0.15) is 0 Å². The molecule has 4 nitrogen and oxygen atoms in total. The fourth-order valence-corrected chi connectivity index (χ4v) is 2.46. The summed E-state index contributed by atoms with van der Waals surface area (Å²) < 4.78 is 23.2. The Morgan fingerprint density at radius 1 is 1.30 bits per heavy atom. The van der Waals surface area contributed by atoms with Crippen LogP contribution >= 0.6 is 0 Å². The normalized spacial score (nSPS) is 16.9. The van der Waals surface area contributed by atoms with Gasteiger partial charge in [-0.15, -0.1) is 0 Å². The summed E-state index contributed by atoms with van der Waals surface area (Å²) in [5, 5.41) is 0. The maximum atomic E-state index is 12.7. The molecule has 0 aromatic heterocycles.